The Kier molecular flexibility index (Phi) is 7.15. The first-order valence-corrected chi connectivity index (χ1v) is 9.53. The fourth-order valence-corrected chi connectivity index (χ4v) is 3.46. The molecule has 0 spiro atoms. The lowest BCUT2D eigenvalue weighted by Crippen LogP contribution is -2.44. The summed E-state index contributed by atoms with van der Waals surface area (Å²) < 4.78 is 10.7. The van der Waals surface area contributed by atoms with Crippen molar-refractivity contribution in [2.24, 2.45) is 0 Å². The maximum absolute atomic E-state index is 12.5. The van der Waals surface area contributed by atoms with Gasteiger partial charge < -0.3 is 14.8 Å². The van der Waals surface area contributed by atoms with Gasteiger partial charge in [0.2, 0.25) is 5.91 Å². The van der Waals surface area contributed by atoms with E-state index in [-0.39, 0.29) is 24.1 Å². The van der Waals surface area contributed by atoms with Crippen LogP contribution in [0.2, 0.25) is 0 Å². The highest BCUT2D eigenvalue weighted by Gasteiger charge is 2.24. The molecule has 2 aromatic rings. The van der Waals surface area contributed by atoms with Crippen LogP contribution in [0.1, 0.15) is 17.2 Å². The number of nitro benzene ring substituents is 1. The number of methoxy groups -OCH3 is 1. The number of rotatable bonds is 8. The first kappa shape index (κ1) is 20.8. The zero-order valence-electron chi connectivity index (χ0n) is 16.4. The van der Waals surface area contributed by atoms with Crippen LogP contribution in [0.15, 0.2) is 48.5 Å². The van der Waals surface area contributed by atoms with Crippen molar-refractivity contribution in [3.8, 4) is 5.75 Å². The molecule has 1 amide bonds. The van der Waals surface area contributed by atoms with Crippen molar-refractivity contribution in [2.45, 2.75) is 12.5 Å². The van der Waals surface area contributed by atoms with Gasteiger partial charge in [-0.1, -0.05) is 30.3 Å². The third-order valence-electron chi connectivity index (χ3n) is 5.02. The maximum atomic E-state index is 12.5. The molecule has 1 atom stereocenters. The van der Waals surface area contributed by atoms with Crippen LogP contribution in [0.4, 0.5) is 5.69 Å². The van der Waals surface area contributed by atoms with E-state index in [4.69, 9.17) is 9.47 Å². The van der Waals surface area contributed by atoms with E-state index in [1.54, 1.807) is 25.3 Å². The van der Waals surface area contributed by atoms with Gasteiger partial charge in [0, 0.05) is 31.3 Å². The fourth-order valence-electron chi connectivity index (χ4n) is 3.46. The number of hydrogen-bond donors (Lipinski definition) is 1. The molecule has 0 aromatic heterocycles. The number of ether oxygens (including phenoxy) is 2. The maximum Gasteiger partial charge on any atom is 0.273 e. The fraction of sp³-hybridized carbons (Fsp3) is 0.381. The van der Waals surface area contributed by atoms with Crippen LogP contribution in [0.5, 0.6) is 5.75 Å². The van der Waals surface area contributed by atoms with E-state index >= 15 is 0 Å². The third kappa shape index (κ3) is 5.52. The molecule has 8 nitrogen and oxygen atoms in total. The molecule has 1 unspecified atom stereocenters. The highest BCUT2D eigenvalue weighted by atomic mass is 16.6. The molecule has 8 heteroatoms. The summed E-state index contributed by atoms with van der Waals surface area (Å²) in [4.78, 5) is 25.5. The first-order chi connectivity index (χ1) is 14.1. The topological polar surface area (TPSA) is 93.9 Å². The lowest BCUT2D eigenvalue weighted by Gasteiger charge is -2.35. The number of hydrogen-bond acceptors (Lipinski definition) is 6. The summed E-state index contributed by atoms with van der Waals surface area (Å²) in [7, 11) is 1.62. The van der Waals surface area contributed by atoms with Gasteiger partial charge in [-0.3, -0.25) is 19.8 Å². The van der Waals surface area contributed by atoms with Crippen LogP contribution in [0, 0.1) is 10.1 Å². The molecule has 1 aliphatic heterocycles. The summed E-state index contributed by atoms with van der Waals surface area (Å²) in [6.45, 7) is 3.26. The number of carbonyl (C=O) groups excluding carboxylic acids is 1. The number of nitrogens with zero attached hydrogens (tertiary/aromatic N) is 2. The number of amides is 1. The van der Waals surface area contributed by atoms with Crippen LogP contribution < -0.4 is 10.1 Å². The van der Waals surface area contributed by atoms with E-state index in [1.165, 1.54) is 6.07 Å². The summed E-state index contributed by atoms with van der Waals surface area (Å²) in [5, 5.41) is 14.1. The van der Waals surface area contributed by atoms with Gasteiger partial charge in [0.1, 0.15) is 5.75 Å². The number of carbonyl (C=O) groups is 1. The molecular weight excluding hydrogens is 374 g/mol. The highest BCUT2D eigenvalue weighted by molar-refractivity contribution is 5.79. The van der Waals surface area contributed by atoms with Crippen LogP contribution in [-0.2, 0) is 16.0 Å². The van der Waals surface area contributed by atoms with E-state index < -0.39 is 4.92 Å². The second-order valence-corrected chi connectivity index (χ2v) is 6.80. The molecule has 2 aromatic carbocycles. The smallest absolute Gasteiger partial charge is 0.273 e. The predicted molar refractivity (Wildman–Crippen MR) is 108 cm³/mol. The second kappa shape index (κ2) is 9.99. The Balaban J connectivity index is 1.69. The molecule has 154 valence electrons. The second-order valence-electron chi connectivity index (χ2n) is 6.80. The molecule has 1 aliphatic rings. The molecule has 0 saturated carbocycles. The van der Waals surface area contributed by atoms with Crippen LogP contribution in [0.3, 0.4) is 0 Å². The number of nitrogens with one attached hydrogen (secondary N) is 1. The third-order valence-corrected chi connectivity index (χ3v) is 5.02. The largest absolute Gasteiger partial charge is 0.497 e. The quantitative estimate of drug-likeness (QED) is 0.541. The Morgan fingerprint density at radius 1 is 1.21 bits per heavy atom. The molecule has 29 heavy (non-hydrogen) atoms. The Morgan fingerprint density at radius 2 is 1.90 bits per heavy atom. The zero-order chi connectivity index (χ0) is 20.6. The predicted octanol–water partition coefficient (Wildman–Crippen LogP) is 2.34. The number of nitro groups is 1. The van der Waals surface area contributed by atoms with Gasteiger partial charge >= 0.3 is 0 Å². The normalized spacial score (nSPS) is 15.5. The Morgan fingerprint density at radius 3 is 2.55 bits per heavy atom. The minimum Gasteiger partial charge on any atom is -0.497 e. The van der Waals surface area contributed by atoms with Crippen molar-refractivity contribution >= 4 is 11.6 Å². The Labute approximate surface area is 169 Å². The van der Waals surface area contributed by atoms with E-state index in [0.717, 1.165) is 24.4 Å². The number of benzene rings is 2. The van der Waals surface area contributed by atoms with Gasteiger partial charge in [-0.05, 0) is 17.7 Å². The Hall–Kier alpha value is -2.97. The summed E-state index contributed by atoms with van der Waals surface area (Å²) in [5.41, 5.74) is 1.43. The minimum atomic E-state index is -0.462. The number of morpholine rings is 1. The molecule has 0 aliphatic carbocycles. The van der Waals surface area contributed by atoms with Crippen molar-refractivity contribution in [1.29, 1.82) is 0 Å². The van der Waals surface area contributed by atoms with Gasteiger partial charge in [0.05, 0.1) is 37.7 Å². The lowest BCUT2D eigenvalue weighted by atomic mass is 10.0. The molecule has 1 fully saturated rings. The van der Waals surface area contributed by atoms with E-state index in [0.29, 0.717) is 25.3 Å². The SMILES string of the molecule is COc1ccc(C(CNC(=O)Cc2ccccc2[N+](=O)[O-])N2CCOCC2)cc1. The summed E-state index contributed by atoms with van der Waals surface area (Å²) >= 11 is 0. The zero-order valence-corrected chi connectivity index (χ0v) is 16.4. The summed E-state index contributed by atoms with van der Waals surface area (Å²) in [5.74, 6) is 0.529. The van der Waals surface area contributed by atoms with Crippen LogP contribution in [0.25, 0.3) is 0 Å². The van der Waals surface area contributed by atoms with E-state index in [2.05, 4.69) is 10.2 Å². The van der Waals surface area contributed by atoms with E-state index in [9.17, 15) is 14.9 Å². The Bertz CT molecular complexity index is 834. The molecule has 1 N–H and O–H groups in total. The molecule has 0 bridgehead atoms. The van der Waals surface area contributed by atoms with Crippen molar-refractivity contribution in [2.75, 3.05) is 40.0 Å². The molecule has 1 saturated heterocycles. The van der Waals surface area contributed by atoms with Gasteiger partial charge in [-0.2, -0.15) is 0 Å². The van der Waals surface area contributed by atoms with Crippen LogP contribution in [-0.4, -0.2) is 55.7 Å². The molecule has 0 radical (unpaired) electrons. The van der Waals surface area contributed by atoms with E-state index in [1.807, 2.05) is 24.3 Å². The van der Waals surface area contributed by atoms with Gasteiger partial charge in [0.25, 0.3) is 5.69 Å². The highest BCUT2D eigenvalue weighted by Crippen LogP contribution is 2.24. The molecule has 3 rings (SSSR count). The average molecular weight is 399 g/mol. The average Bonchev–Trinajstić information content (AvgIpc) is 2.75. The lowest BCUT2D eigenvalue weighted by molar-refractivity contribution is -0.385. The minimum absolute atomic E-state index is 0.0143. The molecular formula is C21H25N3O5. The summed E-state index contributed by atoms with van der Waals surface area (Å²) in [6.07, 6.45) is -0.0321. The van der Waals surface area contributed by atoms with Gasteiger partial charge in [0.15, 0.2) is 0 Å². The number of para-hydroxylation sites is 1. The molecule has 1 heterocycles. The van der Waals surface area contributed by atoms with Crippen molar-refractivity contribution in [3.63, 3.8) is 0 Å². The first-order valence-electron chi connectivity index (χ1n) is 9.53. The monoisotopic (exact) mass is 399 g/mol. The van der Waals surface area contributed by atoms with Gasteiger partial charge in [-0.15, -0.1) is 0 Å². The van der Waals surface area contributed by atoms with Crippen LogP contribution >= 0.6 is 0 Å². The van der Waals surface area contributed by atoms with Crippen molar-refractivity contribution in [1.82, 2.24) is 10.2 Å². The standard InChI is InChI=1S/C21H25N3O5/c1-28-18-8-6-16(7-9-18)20(23-10-12-29-13-11-23)15-22-21(25)14-17-4-2-3-5-19(17)24(26)27/h2-9,20H,10-15H2,1H3,(H,22,25). The van der Waals surface area contributed by atoms with Crippen molar-refractivity contribution < 1.29 is 19.2 Å². The van der Waals surface area contributed by atoms with Crippen molar-refractivity contribution in [3.05, 3.63) is 69.8 Å². The summed E-state index contributed by atoms with van der Waals surface area (Å²) in [6, 6.07) is 14.1. The van der Waals surface area contributed by atoms with Gasteiger partial charge in [-0.25, -0.2) is 0 Å².